The molecule has 0 radical (unpaired) electrons. The second-order valence-corrected chi connectivity index (χ2v) is 7.09. The van der Waals surface area contributed by atoms with Crippen LogP contribution in [0.15, 0.2) is 21.2 Å². The van der Waals surface area contributed by atoms with Crippen LogP contribution in [0.4, 0.5) is 0 Å². The molecule has 1 aliphatic carbocycles. The zero-order valence-electron chi connectivity index (χ0n) is 14.6. The van der Waals surface area contributed by atoms with Gasteiger partial charge in [0.1, 0.15) is 11.5 Å². The van der Waals surface area contributed by atoms with E-state index < -0.39 is 11.8 Å². The minimum atomic E-state index is -0.605. The summed E-state index contributed by atoms with van der Waals surface area (Å²) in [6.45, 7) is 7.29. The van der Waals surface area contributed by atoms with Crippen LogP contribution in [0.25, 0.3) is 0 Å². The first-order chi connectivity index (χ1) is 11.7. The maximum atomic E-state index is 12.4. The lowest BCUT2D eigenvalue weighted by atomic mass is 9.76. The van der Waals surface area contributed by atoms with E-state index in [0.717, 1.165) is 0 Å². The molecule has 132 valence electrons. The van der Waals surface area contributed by atoms with Crippen molar-refractivity contribution in [3.63, 3.8) is 0 Å². The van der Waals surface area contributed by atoms with E-state index in [2.05, 4.69) is 10.9 Å². The minimum Gasteiger partial charge on any atom is -0.469 e. The van der Waals surface area contributed by atoms with Crippen molar-refractivity contribution in [3.8, 4) is 0 Å². The number of nitrogens with one attached hydrogen (secondary N) is 2. The molecule has 2 aromatic heterocycles. The Hall–Kier alpha value is -2.83. The van der Waals surface area contributed by atoms with Gasteiger partial charge in [-0.15, -0.1) is 0 Å². The maximum Gasteiger partial charge on any atom is 0.305 e. The lowest BCUT2D eigenvalue weighted by Gasteiger charge is -2.27. The highest BCUT2D eigenvalue weighted by atomic mass is 16.4. The van der Waals surface area contributed by atoms with Gasteiger partial charge in [0.15, 0.2) is 11.5 Å². The van der Waals surface area contributed by atoms with Crippen LogP contribution < -0.4 is 10.9 Å². The summed E-state index contributed by atoms with van der Waals surface area (Å²) in [5, 5.41) is 0. The molecule has 0 fully saturated rings. The van der Waals surface area contributed by atoms with E-state index in [0.29, 0.717) is 41.1 Å². The van der Waals surface area contributed by atoms with Crippen LogP contribution in [0.1, 0.15) is 68.6 Å². The SMILES string of the molecule is Cc1occc1C(=O)NNC(=O)c1oc2c(c1C)C(=O)CC(C)(C)C2. The molecule has 1 aliphatic rings. The van der Waals surface area contributed by atoms with Gasteiger partial charge in [0.05, 0.1) is 17.4 Å². The molecule has 0 saturated carbocycles. The van der Waals surface area contributed by atoms with Gasteiger partial charge in [-0.1, -0.05) is 13.8 Å². The van der Waals surface area contributed by atoms with Crippen molar-refractivity contribution < 1.29 is 23.2 Å². The molecule has 0 bridgehead atoms. The Bertz CT molecular complexity index is 872. The van der Waals surface area contributed by atoms with E-state index in [1.807, 2.05) is 13.8 Å². The summed E-state index contributed by atoms with van der Waals surface area (Å²) < 4.78 is 10.7. The summed E-state index contributed by atoms with van der Waals surface area (Å²) in [6.07, 6.45) is 2.39. The van der Waals surface area contributed by atoms with E-state index >= 15 is 0 Å². The Morgan fingerprint density at radius 2 is 1.80 bits per heavy atom. The second-order valence-electron chi connectivity index (χ2n) is 7.09. The largest absolute Gasteiger partial charge is 0.469 e. The van der Waals surface area contributed by atoms with Crippen LogP contribution in [0, 0.1) is 19.3 Å². The molecule has 3 rings (SSSR count). The standard InChI is InChI=1S/C18H20N2O5/c1-9-14-12(21)7-18(3,4)8-13(14)25-15(9)17(23)20-19-16(22)11-5-6-24-10(11)2/h5-6H,7-8H2,1-4H3,(H,19,22)(H,20,23). The summed E-state index contributed by atoms with van der Waals surface area (Å²) >= 11 is 0. The third kappa shape index (κ3) is 3.09. The predicted octanol–water partition coefficient (Wildman–Crippen LogP) is 2.72. The smallest absolute Gasteiger partial charge is 0.305 e. The second kappa shape index (κ2) is 5.91. The van der Waals surface area contributed by atoms with Crippen molar-refractivity contribution in [2.24, 2.45) is 5.41 Å². The Morgan fingerprint density at radius 3 is 2.44 bits per heavy atom. The molecule has 2 amide bonds. The molecule has 0 spiro atoms. The predicted molar refractivity (Wildman–Crippen MR) is 88.3 cm³/mol. The first kappa shape index (κ1) is 17.0. The molecule has 0 aromatic carbocycles. The summed E-state index contributed by atoms with van der Waals surface area (Å²) in [6, 6.07) is 1.51. The molecule has 25 heavy (non-hydrogen) atoms. The number of furan rings is 2. The highest BCUT2D eigenvalue weighted by molar-refractivity contribution is 6.04. The van der Waals surface area contributed by atoms with Crippen LogP contribution >= 0.6 is 0 Å². The summed E-state index contributed by atoms with van der Waals surface area (Å²) in [7, 11) is 0. The normalized spacial score (nSPS) is 15.6. The van der Waals surface area contributed by atoms with Gasteiger partial charge in [-0.25, -0.2) is 0 Å². The quantitative estimate of drug-likeness (QED) is 0.816. The van der Waals surface area contributed by atoms with Gasteiger partial charge in [-0.2, -0.15) is 0 Å². The zero-order valence-corrected chi connectivity index (χ0v) is 14.6. The fraction of sp³-hybridized carbons (Fsp3) is 0.389. The van der Waals surface area contributed by atoms with Crippen molar-refractivity contribution in [2.75, 3.05) is 0 Å². The average Bonchev–Trinajstić information content (AvgIpc) is 3.07. The fourth-order valence-corrected chi connectivity index (χ4v) is 3.16. The molecule has 0 unspecified atom stereocenters. The van der Waals surface area contributed by atoms with Crippen molar-refractivity contribution in [1.29, 1.82) is 0 Å². The van der Waals surface area contributed by atoms with Gasteiger partial charge in [0.25, 0.3) is 5.91 Å². The molecule has 0 saturated heterocycles. The highest BCUT2D eigenvalue weighted by Gasteiger charge is 2.37. The number of carbonyl (C=O) groups excluding carboxylic acids is 3. The molecule has 7 nitrogen and oxygen atoms in total. The molecule has 2 aromatic rings. The zero-order chi connectivity index (χ0) is 18.4. The van der Waals surface area contributed by atoms with Crippen LogP contribution in [-0.4, -0.2) is 17.6 Å². The molecule has 0 aliphatic heterocycles. The Morgan fingerprint density at radius 1 is 1.12 bits per heavy atom. The van der Waals surface area contributed by atoms with Gasteiger partial charge in [-0.05, 0) is 25.3 Å². The van der Waals surface area contributed by atoms with E-state index in [4.69, 9.17) is 8.83 Å². The van der Waals surface area contributed by atoms with Crippen LogP contribution in [0.3, 0.4) is 0 Å². The molecule has 2 N–H and O–H groups in total. The number of hydrogen-bond acceptors (Lipinski definition) is 5. The molecule has 0 atom stereocenters. The number of ketones is 1. The van der Waals surface area contributed by atoms with E-state index in [1.165, 1.54) is 12.3 Å². The Labute approximate surface area is 144 Å². The lowest BCUT2D eigenvalue weighted by Crippen LogP contribution is -2.41. The number of Topliss-reactive ketones (excluding diaryl/α,β-unsaturated/α-hetero) is 1. The first-order valence-electron chi connectivity index (χ1n) is 8.00. The lowest BCUT2D eigenvalue weighted by molar-refractivity contribution is 0.0826. The first-order valence-corrected chi connectivity index (χ1v) is 8.00. The van der Waals surface area contributed by atoms with Crippen molar-refractivity contribution >= 4 is 17.6 Å². The fourth-order valence-electron chi connectivity index (χ4n) is 3.16. The van der Waals surface area contributed by atoms with E-state index in [-0.39, 0.29) is 17.0 Å². The maximum absolute atomic E-state index is 12.4. The van der Waals surface area contributed by atoms with Gasteiger partial charge < -0.3 is 8.83 Å². The van der Waals surface area contributed by atoms with Crippen molar-refractivity contribution in [3.05, 3.63) is 46.3 Å². The van der Waals surface area contributed by atoms with Crippen molar-refractivity contribution in [1.82, 2.24) is 10.9 Å². The molecule has 7 heteroatoms. The number of carbonyl (C=O) groups is 3. The van der Waals surface area contributed by atoms with Crippen LogP contribution in [0.2, 0.25) is 0 Å². The summed E-state index contributed by atoms with van der Waals surface area (Å²) in [5.74, 6) is -0.104. The van der Waals surface area contributed by atoms with Gasteiger partial charge in [-0.3, -0.25) is 25.2 Å². The van der Waals surface area contributed by atoms with Gasteiger partial charge in [0.2, 0.25) is 0 Å². The molecular weight excluding hydrogens is 324 g/mol. The number of hydrogen-bond donors (Lipinski definition) is 2. The topological polar surface area (TPSA) is 102 Å². The average molecular weight is 344 g/mol. The van der Waals surface area contributed by atoms with E-state index in [9.17, 15) is 14.4 Å². The van der Waals surface area contributed by atoms with Gasteiger partial charge >= 0.3 is 5.91 Å². The number of aryl methyl sites for hydroxylation is 1. The third-order valence-electron chi connectivity index (χ3n) is 4.38. The summed E-state index contributed by atoms with van der Waals surface area (Å²) in [5.41, 5.74) is 5.75. The van der Waals surface area contributed by atoms with Crippen LogP contribution in [-0.2, 0) is 6.42 Å². The highest BCUT2D eigenvalue weighted by Crippen LogP contribution is 2.38. The van der Waals surface area contributed by atoms with Crippen molar-refractivity contribution in [2.45, 2.75) is 40.5 Å². The number of hydrazine groups is 1. The third-order valence-corrected chi connectivity index (χ3v) is 4.38. The van der Waals surface area contributed by atoms with E-state index in [1.54, 1.807) is 13.8 Å². The number of amides is 2. The minimum absolute atomic E-state index is 0.0235. The number of fused-ring (bicyclic) bond motifs is 1. The van der Waals surface area contributed by atoms with Gasteiger partial charge in [0, 0.05) is 18.4 Å². The molecular formula is C18H20N2O5. The molecule has 2 heterocycles. The monoisotopic (exact) mass is 344 g/mol. The summed E-state index contributed by atoms with van der Waals surface area (Å²) in [4.78, 5) is 36.7. The Kier molecular flexibility index (Phi) is 4.02. The Balaban J connectivity index is 1.77. The number of rotatable bonds is 2. The van der Waals surface area contributed by atoms with Crippen LogP contribution in [0.5, 0.6) is 0 Å².